The molecule has 1 aromatic carbocycles. The quantitative estimate of drug-likeness (QED) is 0.860. The molecule has 0 unspecified atom stereocenters. The molecule has 130 valence electrons. The number of rotatable bonds is 3. The lowest BCUT2D eigenvalue weighted by molar-refractivity contribution is 0.314. The van der Waals surface area contributed by atoms with Crippen molar-refractivity contribution < 1.29 is 4.39 Å². The van der Waals surface area contributed by atoms with E-state index < -0.39 is 5.82 Å². The Balaban J connectivity index is 1.49. The van der Waals surface area contributed by atoms with E-state index in [4.69, 9.17) is 10.2 Å². The first-order valence-electron chi connectivity index (χ1n) is 9.13. The number of hydrogen-bond donors (Lipinski definition) is 0. The fraction of sp³-hybridized carbons (Fsp3) is 0.500. The monoisotopic (exact) mass is 338 g/mol. The van der Waals surface area contributed by atoms with Crippen LogP contribution in [0.1, 0.15) is 53.6 Å². The second-order valence-electron chi connectivity index (χ2n) is 7.23. The first-order chi connectivity index (χ1) is 12.2. The summed E-state index contributed by atoms with van der Waals surface area (Å²) in [5.41, 5.74) is 3.89. The minimum atomic E-state index is -0.439. The molecule has 0 spiro atoms. The van der Waals surface area contributed by atoms with Crippen LogP contribution in [-0.2, 0) is 19.4 Å². The number of hydrogen-bond acceptors (Lipinski definition) is 3. The smallest absolute Gasteiger partial charge is 0.140 e. The lowest BCUT2D eigenvalue weighted by Gasteiger charge is -2.21. The number of nitrogens with zero attached hydrogens (tertiary/aromatic N) is 4. The van der Waals surface area contributed by atoms with Crippen molar-refractivity contribution in [3.63, 3.8) is 0 Å². The summed E-state index contributed by atoms with van der Waals surface area (Å²) < 4.78 is 16.0. The number of likely N-dealkylation sites (tertiary alicyclic amines) is 1. The Hall–Kier alpha value is -2.19. The maximum absolute atomic E-state index is 13.5. The van der Waals surface area contributed by atoms with E-state index in [9.17, 15) is 4.39 Å². The number of benzene rings is 1. The average molecular weight is 338 g/mol. The molecule has 2 heterocycles. The molecule has 0 bridgehead atoms. The van der Waals surface area contributed by atoms with Crippen LogP contribution in [0.25, 0.3) is 0 Å². The molecule has 0 amide bonds. The normalized spacial score (nSPS) is 20.4. The summed E-state index contributed by atoms with van der Waals surface area (Å²) in [5, 5.41) is 9.00. The molecular weight excluding hydrogens is 315 g/mol. The van der Waals surface area contributed by atoms with Crippen LogP contribution in [0.2, 0.25) is 0 Å². The van der Waals surface area contributed by atoms with Crippen molar-refractivity contribution in [3.05, 3.63) is 52.4 Å². The minimum absolute atomic E-state index is 0.132. The molecule has 0 N–H and O–H groups in total. The molecule has 2 aromatic rings. The van der Waals surface area contributed by atoms with Gasteiger partial charge in [0.25, 0.3) is 0 Å². The van der Waals surface area contributed by atoms with Crippen LogP contribution in [-0.4, -0.2) is 27.5 Å². The zero-order valence-corrected chi connectivity index (χ0v) is 14.6. The van der Waals surface area contributed by atoms with Gasteiger partial charge in [-0.05, 0) is 56.7 Å². The summed E-state index contributed by atoms with van der Waals surface area (Å²) in [6.07, 6.45) is 5.91. The average Bonchev–Trinajstić information content (AvgIpc) is 3.19. The Labute approximate surface area is 147 Å². The number of aryl methyl sites for hydroxylation is 2. The highest BCUT2D eigenvalue weighted by Crippen LogP contribution is 2.30. The predicted molar refractivity (Wildman–Crippen MR) is 93.7 cm³/mol. The van der Waals surface area contributed by atoms with Crippen molar-refractivity contribution in [2.24, 2.45) is 0 Å². The highest BCUT2D eigenvalue weighted by Gasteiger charge is 2.29. The summed E-state index contributed by atoms with van der Waals surface area (Å²) in [7, 11) is 0. The first-order valence-corrected chi connectivity index (χ1v) is 9.13. The van der Waals surface area contributed by atoms with Gasteiger partial charge in [0.1, 0.15) is 17.7 Å². The third-order valence-electron chi connectivity index (χ3n) is 5.52. The predicted octanol–water partition coefficient (Wildman–Crippen LogP) is 3.53. The summed E-state index contributed by atoms with van der Waals surface area (Å²) in [6, 6.07) is 7.26. The lowest BCUT2D eigenvalue weighted by atomic mass is 10.0. The van der Waals surface area contributed by atoms with Crippen LogP contribution < -0.4 is 0 Å². The van der Waals surface area contributed by atoms with Crippen LogP contribution in [0.5, 0.6) is 0 Å². The molecular formula is C20H23FN4. The molecule has 1 atom stereocenters. The molecule has 1 fully saturated rings. The minimum Gasteiger partial charge on any atom is -0.328 e. The third kappa shape index (κ3) is 3.07. The van der Waals surface area contributed by atoms with Gasteiger partial charge in [0, 0.05) is 31.4 Å². The Morgan fingerprint density at radius 2 is 2.16 bits per heavy atom. The summed E-state index contributed by atoms with van der Waals surface area (Å²) in [5.74, 6) is 0.707. The van der Waals surface area contributed by atoms with Crippen LogP contribution in [0, 0.1) is 24.1 Å². The van der Waals surface area contributed by atoms with Gasteiger partial charge < -0.3 is 4.57 Å². The van der Waals surface area contributed by atoms with Crippen molar-refractivity contribution in [1.29, 1.82) is 5.26 Å². The van der Waals surface area contributed by atoms with Crippen molar-refractivity contribution in [2.75, 3.05) is 13.1 Å². The van der Waals surface area contributed by atoms with E-state index in [-0.39, 0.29) is 5.56 Å². The number of halogens is 1. The van der Waals surface area contributed by atoms with E-state index in [1.165, 1.54) is 30.3 Å². The largest absolute Gasteiger partial charge is 0.328 e. The van der Waals surface area contributed by atoms with Crippen LogP contribution in [0.3, 0.4) is 0 Å². The Morgan fingerprint density at radius 1 is 1.32 bits per heavy atom. The van der Waals surface area contributed by atoms with Gasteiger partial charge in [0.2, 0.25) is 0 Å². The van der Waals surface area contributed by atoms with E-state index in [1.807, 2.05) is 6.07 Å². The van der Waals surface area contributed by atoms with Gasteiger partial charge in [-0.2, -0.15) is 5.26 Å². The van der Waals surface area contributed by atoms with Crippen molar-refractivity contribution >= 4 is 0 Å². The van der Waals surface area contributed by atoms with Crippen LogP contribution in [0.15, 0.2) is 18.2 Å². The highest BCUT2D eigenvalue weighted by molar-refractivity contribution is 5.34. The highest BCUT2D eigenvalue weighted by atomic mass is 19.1. The second kappa shape index (κ2) is 6.61. The van der Waals surface area contributed by atoms with Crippen LogP contribution >= 0.6 is 0 Å². The summed E-state index contributed by atoms with van der Waals surface area (Å²) >= 11 is 0. The number of nitriles is 1. The van der Waals surface area contributed by atoms with Crippen LogP contribution in [0.4, 0.5) is 4.39 Å². The SMILES string of the molecule is Cc1nc2c(n1[C@@H]1CCN(Cc3ccc(F)c(C#N)c3)C1)CCCC2. The Kier molecular flexibility index (Phi) is 4.30. The van der Waals surface area contributed by atoms with Gasteiger partial charge in [-0.1, -0.05) is 6.07 Å². The Morgan fingerprint density at radius 3 is 3.00 bits per heavy atom. The molecule has 5 heteroatoms. The first kappa shape index (κ1) is 16.3. The lowest BCUT2D eigenvalue weighted by Crippen LogP contribution is -2.22. The summed E-state index contributed by atoms with van der Waals surface area (Å²) in [6.45, 7) is 4.90. The standard InChI is InChI=1S/C20H23FN4/c1-14-23-19-4-2-3-5-20(19)25(14)17-8-9-24(13-17)12-15-6-7-18(21)16(10-15)11-22/h6-7,10,17H,2-5,8-9,12-13H2,1H3/t17-/m1/s1. The zero-order valence-electron chi connectivity index (χ0n) is 14.6. The molecule has 4 nitrogen and oxygen atoms in total. The topological polar surface area (TPSA) is 44.9 Å². The molecule has 1 saturated heterocycles. The molecule has 1 aromatic heterocycles. The zero-order chi connectivity index (χ0) is 17.4. The fourth-order valence-corrected chi connectivity index (χ4v) is 4.36. The third-order valence-corrected chi connectivity index (χ3v) is 5.52. The van der Waals surface area contributed by atoms with Crippen molar-refractivity contribution in [1.82, 2.24) is 14.5 Å². The number of aromatic nitrogens is 2. The second-order valence-corrected chi connectivity index (χ2v) is 7.23. The Bertz CT molecular complexity index is 833. The van der Waals surface area contributed by atoms with Crippen molar-refractivity contribution in [3.8, 4) is 6.07 Å². The molecule has 0 saturated carbocycles. The maximum atomic E-state index is 13.5. The van der Waals surface area contributed by atoms with Gasteiger partial charge in [0.15, 0.2) is 0 Å². The number of fused-ring (bicyclic) bond motifs is 1. The van der Waals surface area contributed by atoms with Gasteiger partial charge >= 0.3 is 0 Å². The number of imidazole rings is 1. The van der Waals surface area contributed by atoms with E-state index in [2.05, 4.69) is 16.4 Å². The van der Waals surface area contributed by atoms with Crippen molar-refractivity contribution in [2.45, 2.75) is 51.6 Å². The maximum Gasteiger partial charge on any atom is 0.140 e. The molecule has 0 radical (unpaired) electrons. The van der Waals surface area contributed by atoms with Gasteiger partial charge in [0.05, 0.1) is 11.3 Å². The van der Waals surface area contributed by atoms with E-state index in [0.717, 1.165) is 50.3 Å². The fourth-order valence-electron chi connectivity index (χ4n) is 4.36. The summed E-state index contributed by atoms with van der Waals surface area (Å²) in [4.78, 5) is 7.20. The van der Waals surface area contributed by atoms with E-state index >= 15 is 0 Å². The molecule has 1 aliphatic carbocycles. The van der Waals surface area contributed by atoms with Gasteiger partial charge in [-0.15, -0.1) is 0 Å². The van der Waals surface area contributed by atoms with E-state index in [0.29, 0.717) is 6.04 Å². The molecule has 25 heavy (non-hydrogen) atoms. The van der Waals surface area contributed by atoms with Gasteiger partial charge in [-0.25, -0.2) is 9.37 Å². The molecule has 4 rings (SSSR count). The van der Waals surface area contributed by atoms with E-state index in [1.54, 1.807) is 12.1 Å². The molecule has 1 aliphatic heterocycles. The molecule has 2 aliphatic rings. The van der Waals surface area contributed by atoms with Gasteiger partial charge in [-0.3, -0.25) is 4.90 Å².